The van der Waals surface area contributed by atoms with Crippen LogP contribution < -0.4 is 10.1 Å². The summed E-state index contributed by atoms with van der Waals surface area (Å²) in [5.74, 6) is -0.0750. The first-order valence-electron chi connectivity index (χ1n) is 12.9. The predicted octanol–water partition coefficient (Wildman–Crippen LogP) is 3.90. The van der Waals surface area contributed by atoms with Crippen LogP contribution in [0, 0.1) is 0 Å². The second-order valence-electron chi connectivity index (χ2n) is 10.0. The van der Waals surface area contributed by atoms with Crippen LogP contribution in [0.15, 0.2) is 48.8 Å². The van der Waals surface area contributed by atoms with Crippen LogP contribution in [0.5, 0.6) is 5.75 Å². The van der Waals surface area contributed by atoms with Crippen molar-refractivity contribution in [3.05, 3.63) is 59.9 Å². The lowest BCUT2D eigenvalue weighted by Crippen LogP contribution is -2.46. The molecule has 0 unspecified atom stereocenters. The van der Waals surface area contributed by atoms with Crippen LogP contribution in [-0.4, -0.2) is 70.5 Å². The topological polar surface area (TPSA) is 74.8 Å². The van der Waals surface area contributed by atoms with Gasteiger partial charge in [-0.25, -0.2) is 0 Å². The molecule has 2 atom stereocenters. The van der Waals surface area contributed by atoms with Gasteiger partial charge in [-0.05, 0) is 68.9 Å². The molecule has 0 spiro atoms. The molecule has 5 rings (SSSR count). The number of amides is 2. The molecule has 3 fully saturated rings. The molecule has 1 N–H and O–H groups in total. The minimum atomic E-state index is -4.53. The summed E-state index contributed by atoms with van der Waals surface area (Å²) >= 11 is 0. The Morgan fingerprint density at radius 3 is 2.51 bits per heavy atom. The Morgan fingerprint density at radius 1 is 1.00 bits per heavy atom. The highest BCUT2D eigenvalue weighted by atomic mass is 19.4. The average molecular weight is 517 g/mol. The Morgan fingerprint density at radius 2 is 1.78 bits per heavy atom. The zero-order valence-electron chi connectivity index (χ0n) is 20.5. The van der Waals surface area contributed by atoms with E-state index in [0.717, 1.165) is 63.0 Å². The van der Waals surface area contributed by atoms with Crippen LogP contribution >= 0.6 is 0 Å². The van der Waals surface area contributed by atoms with Crippen LogP contribution in [0.25, 0.3) is 0 Å². The SMILES string of the molecule is O=C(NCC(=O)N1CC[C@@H]2[C@H]1CCN2C1CCC(Oc2cccnc2)CC1)c1cccc(C(F)(F)F)c1. The van der Waals surface area contributed by atoms with Gasteiger partial charge in [0.25, 0.3) is 5.91 Å². The Balaban J connectivity index is 1.10. The van der Waals surface area contributed by atoms with E-state index in [4.69, 9.17) is 4.74 Å². The number of pyridine rings is 1. The predicted molar refractivity (Wildman–Crippen MR) is 130 cm³/mol. The molecule has 2 amide bonds. The van der Waals surface area contributed by atoms with Gasteiger partial charge in [-0.3, -0.25) is 19.5 Å². The largest absolute Gasteiger partial charge is 0.489 e. The highest BCUT2D eigenvalue weighted by Crippen LogP contribution is 2.37. The zero-order valence-corrected chi connectivity index (χ0v) is 20.5. The van der Waals surface area contributed by atoms with Crippen LogP contribution in [-0.2, 0) is 11.0 Å². The number of hydrogen-bond donors (Lipinski definition) is 1. The number of carbonyl (C=O) groups is 2. The fourth-order valence-electron chi connectivity index (χ4n) is 6.08. The molecule has 1 aliphatic carbocycles. The first-order valence-corrected chi connectivity index (χ1v) is 12.9. The van der Waals surface area contributed by atoms with E-state index >= 15 is 0 Å². The number of likely N-dealkylation sites (tertiary alicyclic amines) is 2. The molecule has 1 aromatic carbocycles. The highest BCUT2D eigenvalue weighted by Gasteiger charge is 2.46. The number of nitrogens with one attached hydrogen (secondary N) is 1. The molecule has 3 aliphatic rings. The van der Waals surface area contributed by atoms with Crippen molar-refractivity contribution in [1.29, 1.82) is 0 Å². The quantitative estimate of drug-likeness (QED) is 0.631. The Hall–Kier alpha value is -3.14. The van der Waals surface area contributed by atoms with Gasteiger partial charge < -0.3 is 15.0 Å². The molecule has 37 heavy (non-hydrogen) atoms. The summed E-state index contributed by atoms with van der Waals surface area (Å²) in [6, 6.07) is 8.91. The molecule has 1 aromatic heterocycles. The first kappa shape index (κ1) is 25.5. The highest BCUT2D eigenvalue weighted by molar-refractivity contribution is 5.96. The molecular weight excluding hydrogens is 485 g/mol. The molecule has 2 aliphatic heterocycles. The number of alkyl halides is 3. The minimum absolute atomic E-state index is 0.113. The van der Waals surface area contributed by atoms with E-state index in [1.54, 1.807) is 12.4 Å². The third-order valence-electron chi connectivity index (χ3n) is 7.84. The fraction of sp³-hybridized carbons (Fsp3) is 0.519. The first-order chi connectivity index (χ1) is 17.8. The summed E-state index contributed by atoms with van der Waals surface area (Å²) in [7, 11) is 0. The number of halogens is 3. The molecule has 2 saturated heterocycles. The lowest BCUT2D eigenvalue weighted by molar-refractivity contribution is -0.137. The van der Waals surface area contributed by atoms with Gasteiger partial charge in [0.15, 0.2) is 0 Å². The summed E-state index contributed by atoms with van der Waals surface area (Å²) in [4.78, 5) is 33.8. The number of aromatic nitrogens is 1. The summed E-state index contributed by atoms with van der Waals surface area (Å²) in [5.41, 5.74) is -1.00. The monoisotopic (exact) mass is 516 g/mol. The van der Waals surface area contributed by atoms with Crippen molar-refractivity contribution in [1.82, 2.24) is 20.1 Å². The number of hydrogen-bond acceptors (Lipinski definition) is 5. The molecule has 2 aromatic rings. The van der Waals surface area contributed by atoms with Crippen LogP contribution in [0.4, 0.5) is 13.2 Å². The standard InChI is InChI=1S/C27H31F3N4O3/c28-27(29,30)19-4-1-3-18(15-19)26(36)32-17-25(35)34-14-11-23-24(34)10-13-33(23)20-6-8-21(9-7-20)37-22-5-2-12-31-16-22/h1-5,12,15-16,20-21,23-24H,6-11,13-14,17H2,(H,32,36)/t20?,21?,23-,24-/m1/s1. The van der Waals surface area contributed by atoms with Gasteiger partial charge in [0.1, 0.15) is 5.75 Å². The fourth-order valence-corrected chi connectivity index (χ4v) is 6.08. The van der Waals surface area contributed by atoms with Crippen molar-refractivity contribution >= 4 is 11.8 Å². The molecular formula is C27H31F3N4O3. The van der Waals surface area contributed by atoms with Gasteiger partial charge in [-0.15, -0.1) is 0 Å². The molecule has 0 bridgehead atoms. The normalized spacial score (nSPS) is 26.1. The Bertz CT molecular complexity index is 1110. The van der Waals surface area contributed by atoms with Gasteiger partial charge in [0.2, 0.25) is 5.91 Å². The maximum absolute atomic E-state index is 12.9. The third-order valence-corrected chi connectivity index (χ3v) is 7.84. The van der Waals surface area contributed by atoms with Crippen molar-refractivity contribution in [3.63, 3.8) is 0 Å². The number of rotatable bonds is 6. The minimum Gasteiger partial charge on any atom is -0.489 e. The molecule has 1 saturated carbocycles. The van der Waals surface area contributed by atoms with Gasteiger partial charge in [0.05, 0.1) is 24.4 Å². The Kier molecular flexibility index (Phi) is 7.37. The number of carbonyl (C=O) groups excluding carboxylic acids is 2. The van der Waals surface area contributed by atoms with Gasteiger partial charge in [0, 0.05) is 43.0 Å². The van der Waals surface area contributed by atoms with Crippen molar-refractivity contribution in [2.45, 2.75) is 68.9 Å². The van der Waals surface area contributed by atoms with Crippen molar-refractivity contribution in [3.8, 4) is 5.75 Å². The molecule has 0 radical (unpaired) electrons. The van der Waals surface area contributed by atoms with E-state index in [9.17, 15) is 22.8 Å². The van der Waals surface area contributed by atoms with Crippen LogP contribution in [0.3, 0.4) is 0 Å². The number of nitrogens with zero attached hydrogens (tertiary/aromatic N) is 3. The maximum Gasteiger partial charge on any atom is 0.416 e. The lowest BCUT2D eigenvalue weighted by atomic mass is 9.91. The summed E-state index contributed by atoms with van der Waals surface area (Å²) in [6.45, 7) is 1.34. The zero-order chi connectivity index (χ0) is 26.0. The van der Waals surface area contributed by atoms with E-state index in [-0.39, 0.29) is 30.2 Å². The lowest BCUT2D eigenvalue weighted by Gasteiger charge is -2.37. The van der Waals surface area contributed by atoms with E-state index in [1.807, 2.05) is 17.0 Å². The van der Waals surface area contributed by atoms with Crippen LogP contribution in [0.2, 0.25) is 0 Å². The van der Waals surface area contributed by atoms with Crippen molar-refractivity contribution < 1.29 is 27.5 Å². The summed E-state index contributed by atoms with van der Waals surface area (Å²) in [6.07, 6.45) is 4.99. The second kappa shape index (κ2) is 10.7. The smallest absolute Gasteiger partial charge is 0.416 e. The van der Waals surface area contributed by atoms with Gasteiger partial charge in [-0.2, -0.15) is 13.2 Å². The number of ether oxygens (including phenoxy) is 1. The average Bonchev–Trinajstić information content (AvgIpc) is 3.50. The maximum atomic E-state index is 12.9. The van der Waals surface area contributed by atoms with E-state index in [2.05, 4.69) is 15.2 Å². The number of benzene rings is 1. The third kappa shape index (κ3) is 5.74. The van der Waals surface area contributed by atoms with Crippen LogP contribution in [0.1, 0.15) is 54.4 Å². The van der Waals surface area contributed by atoms with E-state index in [1.165, 1.54) is 12.1 Å². The summed E-state index contributed by atoms with van der Waals surface area (Å²) in [5, 5.41) is 2.50. The Labute approximate surface area is 214 Å². The number of fused-ring (bicyclic) bond motifs is 1. The van der Waals surface area contributed by atoms with Gasteiger partial charge >= 0.3 is 6.18 Å². The van der Waals surface area contributed by atoms with Crippen molar-refractivity contribution in [2.75, 3.05) is 19.6 Å². The summed E-state index contributed by atoms with van der Waals surface area (Å²) < 4.78 is 44.9. The molecule has 10 heteroatoms. The molecule has 198 valence electrons. The van der Waals surface area contributed by atoms with Crippen molar-refractivity contribution in [2.24, 2.45) is 0 Å². The molecule has 7 nitrogen and oxygen atoms in total. The van der Waals surface area contributed by atoms with E-state index < -0.39 is 17.6 Å². The van der Waals surface area contributed by atoms with Gasteiger partial charge in [-0.1, -0.05) is 6.07 Å². The van der Waals surface area contributed by atoms with E-state index in [0.29, 0.717) is 18.6 Å². The second-order valence-corrected chi connectivity index (χ2v) is 10.0. The molecule has 3 heterocycles.